The lowest BCUT2D eigenvalue weighted by Crippen LogP contribution is -2.67. The molecule has 38 nitrogen and oxygen atoms in total. The van der Waals surface area contributed by atoms with Crippen LogP contribution in [-0.4, -0.2) is 391 Å². The third kappa shape index (κ3) is 28.5. The monoisotopic (exact) mass is 1360 g/mol. The van der Waals surface area contributed by atoms with Crippen molar-refractivity contribution >= 4 is 21.2 Å². The normalized spacial score (nSPS) is 27.1. The van der Waals surface area contributed by atoms with Crippen molar-refractivity contribution in [2.75, 3.05) is 59.1 Å². The van der Waals surface area contributed by atoms with E-state index in [1.165, 1.54) is 0 Å². The van der Waals surface area contributed by atoms with Gasteiger partial charge in [-0.15, -0.1) is 0 Å². The molecule has 1 aliphatic rings. The van der Waals surface area contributed by atoms with E-state index in [1.54, 1.807) is 0 Å². The van der Waals surface area contributed by atoms with Crippen LogP contribution in [0.3, 0.4) is 0 Å². The van der Waals surface area contributed by atoms with E-state index in [9.17, 15) is 138 Å². The van der Waals surface area contributed by atoms with Crippen molar-refractivity contribution in [3.8, 4) is 0 Å². The molecule has 0 aliphatic heterocycles. The first-order valence-corrected chi connectivity index (χ1v) is 30.2. The lowest BCUT2D eigenvalue weighted by atomic mass is 9.84. The van der Waals surface area contributed by atoms with Crippen LogP contribution in [0.25, 0.3) is 0 Å². The molecule has 1 aliphatic carbocycles. The smallest absolute Gasteiger partial charge is 0.330 e. The minimum Gasteiger partial charge on any atom is -0.396 e. The van der Waals surface area contributed by atoms with E-state index >= 15 is 0 Å². The molecular weight excluding hydrogens is 1260 g/mol. The minimum atomic E-state index is -3.06. The topological polar surface area (TPSA) is 670 Å². The van der Waals surface area contributed by atoms with Crippen LogP contribution in [0.1, 0.15) is 64.2 Å². The van der Waals surface area contributed by atoms with Crippen LogP contribution in [0.15, 0.2) is 0 Å². The number of hydrogen-bond acceptors (Lipinski definition) is 39. The highest BCUT2D eigenvalue weighted by Gasteiger charge is 2.55. The second-order valence-corrected chi connectivity index (χ2v) is 22.3. The molecule has 534 valence electrons. The summed E-state index contributed by atoms with van der Waals surface area (Å²) in [5.41, 5.74) is 0. The Morgan fingerprint density at radius 3 is 1.15 bits per heavy atom. The van der Waals surface area contributed by atoms with Crippen LogP contribution < -0.4 is 0 Å². The molecule has 0 amide bonds. The number of hydrogen-bond donors (Lipinski definition) is 30. The predicted molar refractivity (Wildman–Crippen MR) is 295 cm³/mol. The fourth-order valence-electron chi connectivity index (χ4n) is 8.62. The molecule has 0 heterocycles. The zero-order chi connectivity index (χ0) is 68.0. The highest BCUT2D eigenvalue weighted by Crippen LogP contribution is 2.42. The Kier molecular flexibility index (Phi) is 44.3. The molecule has 40 heteroatoms. The summed E-state index contributed by atoms with van der Waals surface area (Å²) in [5.74, 6) is 0.605. The van der Waals surface area contributed by atoms with E-state index in [2.05, 4.69) is 12.6 Å². The molecule has 29 N–H and O–H groups in total. The Hall–Kier alpha value is -0.740. The summed E-state index contributed by atoms with van der Waals surface area (Å²) in [6, 6.07) is 0. The first-order valence-electron chi connectivity index (χ1n) is 28.4. The number of unbranched alkanes of at least 4 members (excludes halogenated alkanes) is 3. The summed E-state index contributed by atoms with van der Waals surface area (Å²) in [6.45, 7) is -4.65. The quantitative estimate of drug-likeness (QED) is 0.0116. The number of methoxy groups -OCH3 is 1. The molecule has 1 saturated carbocycles. The van der Waals surface area contributed by atoms with E-state index < -0.39 is 271 Å². The lowest BCUT2D eigenvalue weighted by molar-refractivity contribution is -0.323. The summed E-state index contributed by atoms with van der Waals surface area (Å²) < 4.78 is 47.6. The maximum atomic E-state index is 11.2. The molecule has 0 spiro atoms. The van der Waals surface area contributed by atoms with Gasteiger partial charge in [0.25, 0.3) is 0 Å². The Labute approximate surface area is 517 Å². The van der Waals surface area contributed by atoms with Crippen LogP contribution in [0, 0.1) is 0 Å². The summed E-state index contributed by atoms with van der Waals surface area (Å²) in [6.07, 6.45) is -69.9. The van der Waals surface area contributed by atoms with Gasteiger partial charge in [-0.05, 0) is 57.1 Å². The molecule has 0 aromatic rings. The van der Waals surface area contributed by atoms with E-state index in [1.807, 2.05) is 0 Å². The van der Waals surface area contributed by atoms with Crippen molar-refractivity contribution in [2.24, 2.45) is 0 Å². The zero-order valence-electron chi connectivity index (χ0n) is 48.6. The molecule has 31 atom stereocenters. The molecule has 0 radical (unpaired) electrons. The van der Waals surface area contributed by atoms with Gasteiger partial charge in [-0.2, -0.15) is 12.6 Å². The highest BCUT2D eigenvalue weighted by molar-refractivity contribution is 7.80. The van der Waals surface area contributed by atoms with Gasteiger partial charge in [0.05, 0.1) is 56.4 Å². The number of aliphatic hydroxyl groups is 28. The SMILES string of the molecule is COC(OCCC(O)C(O)C(O)C(O)OCCC(O)C(O)C(O)C(O)OC1C(O)C(O)C(O)C(OC(O)C(O)C(O)C(O)CCO)C1OP(O)OCCCCCCS)C(OC(O)C(OC(O)C(O)C(O)C(O)CCO)C(O)C(O)CCO)C(O)C(O)CCO. The van der Waals surface area contributed by atoms with Crippen molar-refractivity contribution in [1.82, 2.24) is 0 Å². The average Bonchev–Trinajstić information content (AvgIpc) is 1.24. The number of rotatable bonds is 52. The third-order valence-electron chi connectivity index (χ3n) is 14.2. The second-order valence-electron chi connectivity index (χ2n) is 20.9. The van der Waals surface area contributed by atoms with Crippen LogP contribution in [0.4, 0.5) is 0 Å². The Bertz CT molecular complexity index is 1760. The first-order chi connectivity index (χ1) is 41.8. The average molecular weight is 1360 g/mol. The molecule has 31 unspecified atom stereocenters. The van der Waals surface area contributed by atoms with Gasteiger partial charge in [-0.25, -0.2) is 0 Å². The molecule has 89 heavy (non-hydrogen) atoms. The predicted octanol–water partition coefficient (Wildman–Crippen LogP) is -13.6. The van der Waals surface area contributed by atoms with Crippen molar-refractivity contribution in [3.05, 3.63) is 0 Å². The van der Waals surface area contributed by atoms with E-state index in [0.29, 0.717) is 18.6 Å². The largest absolute Gasteiger partial charge is 0.396 e. The fourth-order valence-corrected chi connectivity index (χ4v) is 9.64. The molecule has 1 rings (SSSR count). The Morgan fingerprint density at radius 1 is 0.371 bits per heavy atom. The fraction of sp³-hybridized carbons (Fsp3) is 1.00. The number of aliphatic hydroxyl groups excluding tert-OH is 28. The van der Waals surface area contributed by atoms with Gasteiger partial charge >= 0.3 is 8.60 Å². The van der Waals surface area contributed by atoms with Crippen LogP contribution in [0.5, 0.6) is 0 Å². The molecule has 0 saturated heterocycles. The van der Waals surface area contributed by atoms with Gasteiger partial charge < -0.3 is 190 Å². The van der Waals surface area contributed by atoms with Crippen molar-refractivity contribution in [3.63, 3.8) is 0 Å². The molecule has 1 fully saturated rings. The maximum Gasteiger partial charge on any atom is 0.330 e. The highest BCUT2D eigenvalue weighted by atomic mass is 32.1. The van der Waals surface area contributed by atoms with Crippen LogP contribution in [0.2, 0.25) is 0 Å². The summed E-state index contributed by atoms with van der Waals surface area (Å²) >= 11 is 4.12. The van der Waals surface area contributed by atoms with Gasteiger partial charge in [0.15, 0.2) is 37.7 Å². The lowest BCUT2D eigenvalue weighted by Gasteiger charge is -2.47. The van der Waals surface area contributed by atoms with E-state index in [0.717, 1.165) is 20.0 Å². The minimum absolute atomic E-state index is 0.137. The number of ether oxygens (including phenoxy) is 7. The maximum absolute atomic E-state index is 11.2. The van der Waals surface area contributed by atoms with Gasteiger partial charge in [-0.3, -0.25) is 0 Å². The van der Waals surface area contributed by atoms with Crippen molar-refractivity contribution in [2.45, 2.75) is 248 Å². The Balaban J connectivity index is 3.18. The number of thiol groups is 1. The van der Waals surface area contributed by atoms with Crippen LogP contribution >= 0.6 is 21.2 Å². The Morgan fingerprint density at radius 2 is 0.730 bits per heavy atom. The first kappa shape index (κ1) is 86.3. The summed E-state index contributed by atoms with van der Waals surface area (Å²) in [7, 11) is -2.15. The molecule has 0 aromatic heterocycles. The van der Waals surface area contributed by atoms with Crippen molar-refractivity contribution in [1.29, 1.82) is 0 Å². The van der Waals surface area contributed by atoms with Gasteiger partial charge in [0.1, 0.15) is 110 Å². The second kappa shape index (κ2) is 45.7. The van der Waals surface area contributed by atoms with E-state index in [-0.39, 0.29) is 6.61 Å². The van der Waals surface area contributed by atoms with Gasteiger partial charge in [0, 0.05) is 33.5 Å². The standard InChI is InChI=1S/C49H99O38PS/c1-79-49(42(31(65)23(57)9-15-53)86-48(77)41(30(64)22(56)8-14-52)85-47(76)37(71)27(61)21(55)7-13-51)81-18-11-25(59)28(62)35(69)44(73)80-17-10-24(58)29(63)38(72)46(75)84-40-34(68)32(66)33(67)39(83-45(74)36(70)26(60)20(54)6-12-50)43(40)87-88(78)82-16-4-2-3-5-19-89/h20-78,89H,2-19H2,1H3. The third-order valence-corrected chi connectivity index (χ3v) is 15.3. The molecular formula is C49H99O38PS. The van der Waals surface area contributed by atoms with Gasteiger partial charge in [-0.1, -0.05) is 12.8 Å². The summed E-state index contributed by atoms with van der Waals surface area (Å²) in [4.78, 5) is 10.7. The van der Waals surface area contributed by atoms with Gasteiger partial charge in [0.2, 0.25) is 0 Å². The summed E-state index contributed by atoms with van der Waals surface area (Å²) in [5, 5.41) is 292. The molecule has 0 aromatic carbocycles. The van der Waals surface area contributed by atoms with Crippen LogP contribution in [-0.2, 0) is 42.2 Å². The zero-order valence-corrected chi connectivity index (χ0v) is 50.4. The van der Waals surface area contributed by atoms with E-state index in [4.69, 9.17) is 52.4 Å². The van der Waals surface area contributed by atoms with Crippen molar-refractivity contribution < 1.29 is 190 Å². The molecule has 0 bridgehead atoms.